The number of carbonyl (C=O) groups is 2. The van der Waals surface area contributed by atoms with Gasteiger partial charge in [-0.1, -0.05) is 26.0 Å². The second-order valence-electron chi connectivity index (χ2n) is 5.29. The quantitative estimate of drug-likeness (QED) is 0.645. The fourth-order valence-corrected chi connectivity index (χ4v) is 1.55. The van der Waals surface area contributed by atoms with Crippen LogP contribution in [0.2, 0.25) is 0 Å². The molecule has 0 aromatic heterocycles. The van der Waals surface area contributed by atoms with E-state index in [1.54, 1.807) is 30.3 Å². The van der Waals surface area contributed by atoms with Crippen LogP contribution in [0.5, 0.6) is 0 Å². The lowest BCUT2D eigenvalue weighted by atomic mass is 10.1. The molecule has 0 saturated carbocycles. The van der Waals surface area contributed by atoms with E-state index in [0.717, 1.165) is 5.56 Å². The van der Waals surface area contributed by atoms with Gasteiger partial charge in [0.15, 0.2) is 6.10 Å². The maximum Gasteiger partial charge on any atom is 0.331 e. The second-order valence-corrected chi connectivity index (χ2v) is 5.29. The molecule has 0 aliphatic rings. The van der Waals surface area contributed by atoms with Gasteiger partial charge in [0, 0.05) is 12.6 Å². The lowest BCUT2D eigenvalue weighted by Gasteiger charge is -2.13. The Bertz CT molecular complexity index is 583. The lowest BCUT2D eigenvalue weighted by molar-refractivity contribution is -0.150. The normalized spacial score (nSPS) is 12.0. The maximum atomic E-state index is 11.7. The van der Waals surface area contributed by atoms with Crippen LogP contribution in [0.15, 0.2) is 30.3 Å². The Balaban J connectivity index is 2.49. The zero-order chi connectivity index (χ0) is 16.5. The zero-order valence-electron chi connectivity index (χ0n) is 13.0. The van der Waals surface area contributed by atoms with Crippen LogP contribution in [0.3, 0.4) is 0 Å². The third kappa shape index (κ3) is 6.23. The van der Waals surface area contributed by atoms with E-state index in [9.17, 15) is 9.59 Å². The molecule has 5 nitrogen and oxygen atoms in total. The Hall–Kier alpha value is -2.61. The number of amides is 1. The number of nitrogens with zero attached hydrogens (tertiary/aromatic N) is 1. The van der Waals surface area contributed by atoms with Gasteiger partial charge in [-0.05, 0) is 36.6 Å². The van der Waals surface area contributed by atoms with Gasteiger partial charge in [0.25, 0.3) is 5.91 Å². The Morgan fingerprint density at radius 3 is 2.45 bits per heavy atom. The summed E-state index contributed by atoms with van der Waals surface area (Å²) in [6.45, 7) is 6.04. The molecule has 0 fully saturated rings. The minimum absolute atomic E-state index is 0.311. The van der Waals surface area contributed by atoms with E-state index in [0.29, 0.717) is 18.0 Å². The molecule has 1 amide bonds. The molecule has 1 aromatic carbocycles. The molecule has 0 bridgehead atoms. The molecule has 0 heterocycles. The van der Waals surface area contributed by atoms with Gasteiger partial charge in [-0.2, -0.15) is 5.26 Å². The number of nitriles is 1. The molecular formula is C17H20N2O3. The highest BCUT2D eigenvalue weighted by atomic mass is 16.5. The van der Waals surface area contributed by atoms with Gasteiger partial charge in [-0.25, -0.2) is 4.79 Å². The molecule has 1 rings (SSSR count). The number of hydrogen-bond donors (Lipinski definition) is 1. The van der Waals surface area contributed by atoms with E-state index in [4.69, 9.17) is 10.00 Å². The van der Waals surface area contributed by atoms with Crippen molar-refractivity contribution in [1.29, 1.82) is 5.26 Å². The van der Waals surface area contributed by atoms with Crippen LogP contribution in [0.1, 0.15) is 31.9 Å². The van der Waals surface area contributed by atoms with E-state index in [2.05, 4.69) is 5.32 Å². The summed E-state index contributed by atoms with van der Waals surface area (Å²) in [5.41, 5.74) is 1.32. The summed E-state index contributed by atoms with van der Waals surface area (Å²) >= 11 is 0. The first kappa shape index (κ1) is 17.4. The molecule has 5 heteroatoms. The summed E-state index contributed by atoms with van der Waals surface area (Å²) in [7, 11) is 0. The highest BCUT2D eigenvalue weighted by Gasteiger charge is 2.16. The van der Waals surface area contributed by atoms with Crippen LogP contribution in [0, 0.1) is 17.2 Å². The molecule has 1 aromatic rings. The minimum atomic E-state index is -0.836. The third-order valence-corrected chi connectivity index (χ3v) is 2.80. The summed E-state index contributed by atoms with van der Waals surface area (Å²) in [6.07, 6.45) is 1.99. The molecule has 0 spiro atoms. The van der Waals surface area contributed by atoms with Crippen LogP contribution in [0.25, 0.3) is 6.08 Å². The highest BCUT2D eigenvalue weighted by molar-refractivity contribution is 5.90. The molecule has 116 valence electrons. The number of esters is 1. The molecule has 22 heavy (non-hydrogen) atoms. The number of benzene rings is 1. The summed E-state index contributed by atoms with van der Waals surface area (Å²) in [5.74, 6) is -0.562. The first-order valence-electron chi connectivity index (χ1n) is 7.09. The maximum absolute atomic E-state index is 11.7. The fourth-order valence-electron chi connectivity index (χ4n) is 1.55. The van der Waals surface area contributed by atoms with Crippen molar-refractivity contribution >= 4 is 18.0 Å². The fraction of sp³-hybridized carbons (Fsp3) is 0.353. The number of hydrogen-bond acceptors (Lipinski definition) is 4. The molecular weight excluding hydrogens is 280 g/mol. The molecule has 0 saturated heterocycles. The average molecular weight is 300 g/mol. The van der Waals surface area contributed by atoms with Crippen LogP contribution < -0.4 is 5.32 Å². The van der Waals surface area contributed by atoms with Gasteiger partial charge < -0.3 is 10.1 Å². The van der Waals surface area contributed by atoms with Gasteiger partial charge in [0.2, 0.25) is 0 Å². The summed E-state index contributed by atoms with van der Waals surface area (Å²) < 4.78 is 5.02. The van der Waals surface area contributed by atoms with E-state index in [1.165, 1.54) is 13.0 Å². The highest BCUT2D eigenvalue weighted by Crippen LogP contribution is 2.05. The predicted octanol–water partition coefficient (Wildman–Crippen LogP) is 2.28. The summed E-state index contributed by atoms with van der Waals surface area (Å²) in [4.78, 5) is 23.3. The molecule has 1 atom stereocenters. The van der Waals surface area contributed by atoms with E-state index < -0.39 is 12.1 Å². The Morgan fingerprint density at radius 2 is 1.91 bits per heavy atom. The van der Waals surface area contributed by atoms with Gasteiger partial charge in [0.1, 0.15) is 0 Å². The standard InChI is InChI=1S/C17H20N2O3/c1-12(2)11-19-17(21)13(3)22-16(20)9-8-14-4-6-15(10-18)7-5-14/h4-9,12-13H,11H2,1-3H3,(H,19,21)/b9-8+/t13-/m1/s1. The number of ether oxygens (including phenoxy) is 1. The summed E-state index contributed by atoms with van der Waals surface area (Å²) in [5, 5.41) is 11.4. The SMILES string of the molecule is CC(C)CNC(=O)[C@@H](C)OC(=O)/C=C/c1ccc(C#N)cc1. The Morgan fingerprint density at radius 1 is 1.27 bits per heavy atom. The molecule has 0 aliphatic carbocycles. The monoisotopic (exact) mass is 300 g/mol. The molecule has 0 aliphatic heterocycles. The van der Waals surface area contributed by atoms with E-state index in [-0.39, 0.29) is 5.91 Å². The van der Waals surface area contributed by atoms with Crippen molar-refractivity contribution in [2.24, 2.45) is 5.92 Å². The van der Waals surface area contributed by atoms with Gasteiger partial charge in [-0.3, -0.25) is 4.79 Å². The van der Waals surface area contributed by atoms with Gasteiger partial charge >= 0.3 is 5.97 Å². The largest absolute Gasteiger partial charge is 0.449 e. The van der Waals surface area contributed by atoms with Crippen LogP contribution in [-0.2, 0) is 14.3 Å². The molecule has 1 N–H and O–H groups in total. The Kier molecular flexibility index (Phi) is 6.84. The van der Waals surface area contributed by atoms with Crippen molar-refractivity contribution in [3.63, 3.8) is 0 Å². The molecule has 0 radical (unpaired) electrons. The van der Waals surface area contributed by atoms with E-state index >= 15 is 0 Å². The predicted molar refractivity (Wildman–Crippen MR) is 83.6 cm³/mol. The van der Waals surface area contributed by atoms with Crippen molar-refractivity contribution in [2.45, 2.75) is 26.9 Å². The first-order chi connectivity index (χ1) is 10.4. The van der Waals surface area contributed by atoms with Crippen molar-refractivity contribution in [3.8, 4) is 6.07 Å². The van der Waals surface area contributed by atoms with Crippen molar-refractivity contribution in [3.05, 3.63) is 41.5 Å². The van der Waals surface area contributed by atoms with Crippen LogP contribution in [0.4, 0.5) is 0 Å². The third-order valence-electron chi connectivity index (χ3n) is 2.80. The lowest BCUT2D eigenvalue weighted by Crippen LogP contribution is -2.37. The number of carbonyl (C=O) groups excluding carboxylic acids is 2. The minimum Gasteiger partial charge on any atom is -0.449 e. The first-order valence-corrected chi connectivity index (χ1v) is 7.09. The Labute approximate surface area is 130 Å². The van der Waals surface area contributed by atoms with Crippen molar-refractivity contribution in [2.75, 3.05) is 6.54 Å². The van der Waals surface area contributed by atoms with E-state index in [1.807, 2.05) is 19.9 Å². The van der Waals surface area contributed by atoms with Gasteiger partial charge in [-0.15, -0.1) is 0 Å². The van der Waals surface area contributed by atoms with Crippen LogP contribution >= 0.6 is 0 Å². The van der Waals surface area contributed by atoms with Gasteiger partial charge in [0.05, 0.1) is 11.6 Å². The summed E-state index contributed by atoms with van der Waals surface area (Å²) in [6, 6.07) is 8.78. The average Bonchev–Trinajstić information content (AvgIpc) is 2.50. The number of rotatable bonds is 6. The number of nitrogens with one attached hydrogen (secondary N) is 1. The van der Waals surface area contributed by atoms with Crippen molar-refractivity contribution < 1.29 is 14.3 Å². The van der Waals surface area contributed by atoms with Crippen molar-refractivity contribution in [1.82, 2.24) is 5.32 Å². The second kappa shape index (κ2) is 8.63. The zero-order valence-corrected chi connectivity index (χ0v) is 13.0. The topological polar surface area (TPSA) is 79.2 Å². The van der Waals surface area contributed by atoms with Crippen LogP contribution in [-0.4, -0.2) is 24.5 Å². The molecule has 0 unspecified atom stereocenters. The smallest absolute Gasteiger partial charge is 0.331 e.